The zero-order chi connectivity index (χ0) is 9.26. The number of aromatic amines is 1. The molecule has 0 amide bonds. The van der Waals surface area contributed by atoms with Crippen LogP contribution in [0.4, 0.5) is 0 Å². The van der Waals surface area contributed by atoms with Crippen molar-refractivity contribution in [3.8, 4) is 0 Å². The van der Waals surface area contributed by atoms with Gasteiger partial charge in [-0.25, -0.2) is 4.79 Å². The first kappa shape index (κ1) is 8.20. The minimum Gasteiger partial charge on any atom is -0.282 e. The number of nitrogens with one attached hydrogen (secondary N) is 1. The Hall–Kier alpha value is -1.41. The second-order valence-electron chi connectivity index (χ2n) is 3.32. The third kappa shape index (κ3) is 1.29. The fourth-order valence-electron chi connectivity index (χ4n) is 1.83. The molecule has 1 N–H and O–H groups in total. The van der Waals surface area contributed by atoms with Crippen LogP contribution >= 0.6 is 0 Å². The third-order valence-corrected chi connectivity index (χ3v) is 2.48. The Morgan fingerprint density at radius 1 is 1.62 bits per heavy atom. The van der Waals surface area contributed by atoms with E-state index >= 15 is 0 Å². The van der Waals surface area contributed by atoms with E-state index in [4.69, 9.17) is 0 Å². The van der Waals surface area contributed by atoms with Crippen molar-refractivity contribution in [1.29, 1.82) is 0 Å². The lowest BCUT2D eigenvalue weighted by atomic mass is 10.1. The monoisotopic (exact) mass is 177 g/mol. The summed E-state index contributed by atoms with van der Waals surface area (Å²) in [6, 6.07) is -0.157. The molecule has 1 atom stereocenters. The van der Waals surface area contributed by atoms with Crippen LogP contribution in [0.3, 0.4) is 0 Å². The van der Waals surface area contributed by atoms with E-state index in [0.717, 1.165) is 18.5 Å². The molecule has 0 bridgehead atoms. The van der Waals surface area contributed by atoms with Gasteiger partial charge in [0.25, 0.3) is 0 Å². The van der Waals surface area contributed by atoms with Gasteiger partial charge in [-0.05, 0) is 31.7 Å². The number of aryl methyl sites for hydroxylation is 1. The molecule has 68 valence electrons. The van der Waals surface area contributed by atoms with Crippen molar-refractivity contribution >= 4 is 6.08 Å². The maximum Gasteiger partial charge on any atom is 0.235 e. The SMILES string of the molecule is CC(N=C=O)c1n[nH]c2c1CCC2. The molecular formula is C9H11N3O. The van der Waals surface area contributed by atoms with E-state index in [9.17, 15) is 4.79 Å². The molecule has 0 aliphatic heterocycles. The highest BCUT2D eigenvalue weighted by Gasteiger charge is 2.21. The van der Waals surface area contributed by atoms with Crippen LogP contribution in [-0.2, 0) is 17.6 Å². The number of H-pyrrole nitrogens is 1. The van der Waals surface area contributed by atoms with Crippen molar-refractivity contribution in [2.24, 2.45) is 4.99 Å². The lowest BCUT2D eigenvalue weighted by Gasteiger charge is -2.00. The van der Waals surface area contributed by atoms with Gasteiger partial charge in [0.05, 0.1) is 5.69 Å². The highest BCUT2D eigenvalue weighted by atomic mass is 16.1. The van der Waals surface area contributed by atoms with Gasteiger partial charge in [0, 0.05) is 5.69 Å². The van der Waals surface area contributed by atoms with Crippen LogP contribution in [0.2, 0.25) is 0 Å². The first-order chi connectivity index (χ1) is 6.33. The fourth-order valence-corrected chi connectivity index (χ4v) is 1.83. The molecule has 1 aromatic heterocycles. The number of carbonyl (C=O) groups excluding carboxylic acids is 1. The summed E-state index contributed by atoms with van der Waals surface area (Å²) in [5.74, 6) is 0. The molecule has 0 radical (unpaired) electrons. The minimum absolute atomic E-state index is 0.157. The van der Waals surface area contributed by atoms with E-state index < -0.39 is 0 Å². The van der Waals surface area contributed by atoms with E-state index in [1.54, 1.807) is 6.08 Å². The number of hydrogen-bond acceptors (Lipinski definition) is 3. The largest absolute Gasteiger partial charge is 0.282 e. The Kier molecular flexibility index (Phi) is 1.99. The number of nitrogens with zero attached hydrogens (tertiary/aromatic N) is 2. The summed E-state index contributed by atoms with van der Waals surface area (Å²) in [4.78, 5) is 13.7. The van der Waals surface area contributed by atoms with Crippen LogP contribution in [0.1, 0.15) is 36.3 Å². The van der Waals surface area contributed by atoms with E-state index in [0.29, 0.717) is 0 Å². The summed E-state index contributed by atoms with van der Waals surface area (Å²) in [6.07, 6.45) is 4.87. The highest BCUT2D eigenvalue weighted by molar-refractivity contribution is 5.37. The van der Waals surface area contributed by atoms with Crippen molar-refractivity contribution < 1.29 is 4.79 Å². The quantitative estimate of drug-likeness (QED) is 0.546. The van der Waals surface area contributed by atoms with Crippen LogP contribution in [0.25, 0.3) is 0 Å². The van der Waals surface area contributed by atoms with Crippen molar-refractivity contribution in [1.82, 2.24) is 10.2 Å². The molecule has 0 saturated carbocycles. The van der Waals surface area contributed by atoms with Gasteiger partial charge in [0.2, 0.25) is 6.08 Å². The molecule has 0 spiro atoms. The first-order valence-electron chi connectivity index (χ1n) is 4.46. The second kappa shape index (κ2) is 3.15. The van der Waals surface area contributed by atoms with Gasteiger partial charge in [-0.15, -0.1) is 0 Å². The second-order valence-corrected chi connectivity index (χ2v) is 3.32. The Bertz CT molecular complexity index is 363. The van der Waals surface area contributed by atoms with E-state index in [1.807, 2.05) is 6.92 Å². The van der Waals surface area contributed by atoms with Crippen LogP contribution in [0.15, 0.2) is 4.99 Å². The predicted octanol–water partition coefficient (Wildman–Crippen LogP) is 1.30. The molecule has 0 saturated heterocycles. The molecule has 1 aromatic rings. The van der Waals surface area contributed by atoms with Crippen molar-refractivity contribution in [3.63, 3.8) is 0 Å². The summed E-state index contributed by atoms with van der Waals surface area (Å²) in [5.41, 5.74) is 3.38. The van der Waals surface area contributed by atoms with Gasteiger partial charge in [-0.1, -0.05) is 0 Å². The molecule has 1 aliphatic carbocycles. The van der Waals surface area contributed by atoms with Crippen LogP contribution in [0, 0.1) is 0 Å². The Morgan fingerprint density at radius 3 is 3.23 bits per heavy atom. The minimum atomic E-state index is -0.157. The first-order valence-corrected chi connectivity index (χ1v) is 4.46. The normalized spacial score (nSPS) is 16.4. The van der Waals surface area contributed by atoms with Gasteiger partial charge >= 0.3 is 0 Å². The predicted molar refractivity (Wildman–Crippen MR) is 47.1 cm³/mol. The lowest BCUT2D eigenvalue weighted by Crippen LogP contribution is -1.94. The van der Waals surface area contributed by atoms with E-state index in [1.165, 1.54) is 17.7 Å². The van der Waals surface area contributed by atoms with Crippen LogP contribution in [0.5, 0.6) is 0 Å². The van der Waals surface area contributed by atoms with Crippen molar-refractivity contribution in [3.05, 3.63) is 17.0 Å². The number of aromatic nitrogens is 2. The molecule has 1 aliphatic rings. The molecule has 4 heteroatoms. The number of rotatable bonds is 2. The van der Waals surface area contributed by atoms with Gasteiger partial charge < -0.3 is 0 Å². The molecule has 4 nitrogen and oxygen atoms in total. The molecule has 13 heavy (non-hydrogen) atoms. The Labute approximate surface area is 76.1 Å². The van der Waals surface area contributed by atoms with Gasteiger partial charge in [0.1, 0.15) is 6.04 Å². The van der Waals surface area contributed by atoms with Crippen molar-refractivity contribution in [2.45, 2.75) is 32.2 Å². The summed E-state index contributed by atoms with van der Waals surface area (Å²) in [6.45, 7) is 1.86. The van der Waals surface area contributed by atoms with Gasteiger partial charge in [-0.3, -0.25) is 5.10 Å². The molecular weight excluding hydrogens is 166 g/mol. The zero-order valence-corrected chi connectivity index (χ0v) is 7.50. The van der Waals surface area contributed by atoms with Crippen molar-refractivity contribution in [2.75, 3.05) is 0 Å². The summed E-state index contributed by atoms with van der Waals surface area (Å²) in [7, 11) is 0. The molecule has 0 fully saturated rings. The number of hydrogen-bond donors (Lipinski definition) is 1. The highest BCUT2D eigenvalue weighted by Crippen LogP contribution is 2.27. The van der Waals surface area contributed by atoms with Crippen LogP contribution in [-0.4, -0.2) is 16.3 Å². The van der Waals surface area contributed by atoms with Crippen LogP contribution < -0.4 is 0 Å². The summed E-state index contributed by atoms with van der Waals surface area (Å²) < 4.78 is 0. The maximum atomic E-state index is 10.1. The van der Waals surface area contributed by atoms with Gasteiger partial charge in [-0.2, -0.15) is 10.1 Å². The number of isocyanates is 1. The molecule has 2 rings (SSSR count). The molecule has 1 heterocycles. The third-order valence-electron chi connectivity index (χ3n) is 2.48. The lowest BCUT2D eigenvalue weighted by molar-refractivity contribution is 0.558. The molecule has 0 aromatic carbocycles. The number of fused-ring (bicyclic) bond motifs is 1. The average Bonchev–Trinajstić information content (AvgIpc) is 2.62. The fraction of sp³-hybridized carbons (Fsp3) is 0.556. The smallest absolute Gasteiger partial charge is 0.235 e. The topological polar surface area (TPSA) is 58.1 Å². The van der Waals surface area contributed by atoms with E-state index in [2.05, 4.69) is 15.2 Å². The Morgan fingerprint density at radius 2 is 2.46 bits per heavy atom. The Balaban J connectivity index is 2.35. The maximum absolute atomic E-state index is 10.1. The zero-order valence-electron chi connectivity index (χ0n) is 7.50. The average molecular weight is 177 g/mol. The summed E-state index contributed by atoms with van der Waals surface area (Å²) >= 11 is 0. The van der Waals surface area contributed by atoms with E-state index in [-0.39, 0.29) is 6.04 Å². The summed E-state index contributed by atoms with van der Waals surface area (Å²) in [5, 5.41) is 7.14. The molecule has 1 unspecified atom stereocenters. The van der Waals surface area contributed by atoms with Gasteiger partial charge in [0.15, 0.2) is 0 Å². The number of aliphatic imine (C=N–C) groups is 1. The standard InChI is InChI=1S/C9H11N3O/c1-6(10-5-13)9-7-3-2-4-8(7)11-12-9/h6H,2-4H2,1H3,(H,11,12).